The Balaban J connectivity index is 2.51. The lowest BCUT2D eigenvalue weighted by Gasteiger charge is -2.11. The van der Waals surface area contributed by atoms with Gasteiger partial charge < -0.3 is 15.8 Å². The van der Waals surface area contributed by atoms with Crippen LogP contribution in [0.5, 0.6) is 5.75 Å². The molecule has 16 heavy (non-hydrogen) atoms. The number of carbonyl (C=O) groups excluding carboxylic acids is 1. The highest BCUT2D eigenvalue weighted by atomic mass is 35.5. The Morgan fingerprint density at radius 1 is 1.56 bits per heavy atom. The molecule has 0 fully saturated rings. The molecule has 1 aromatic rings. The van der Waals surface area contributed by atoms with E-state index in [1.165, 1.54) is 0 Å². The molecule has 0 unspecified atom stereocenters. The summed E-state index contributed by atoms with van der Waals surface area (Å²) in [6.07, 6.45) is 0. The van der Waals surface area contributed by atoms with Gasteiger partial charge in [0.15, 0.2) is 6.61 Å². The molecule has 0 atom stereocenters. The largest absolute Gasteiger partial charge is 0.482 e. The summed E-state index contributed by atoms with van der Waals surface area (Å²) >= 11 is 5.73. The number of amides is 1. The van der Waals surface area contributed by atoms with Crippen molar-refractivity contribution in [2.75, 3.05) is 12.3 Å². The number of halogens is 1. The molecule has 0 spiro atoms. The van der Waals surface area contributed by atoms with Crippen molar-refractivity contribution < 1.29 is 9.53 Å². The van der Waals surface area contributed by atoms with Crippen LogP contribution in [-0.4, -0.2) is 18.6 Å². The Morgan fingerprint density at radius 2 is 2.25 bits per heavy atom. The quantitative estimate of drug-likeness (QED) is 0.792. The summed E-state index contributed by atoms with van der Waals surface area (Å²) in [4.78, 5) is 11.3. The number of nitrogens with one attached hydrogen (secondary N) is 1. The van der Waals surface area contributed by atoms with Gasteiger partial charge in [0.1, 0.15) is 5.75 Å². The first kappa shape index (κ1) is 12.6. The van der Waals surface area contributed by atoms with Crippen molar-refractivity contribution in [3.8, 4) is 5.75 Å². The van der Waals surface area contributed by atoms with Gasteiger partial charge >= 0.3 is 0 Å². The van der Waals surface area contributed by atoms with Crippen molar-refractivity contribution in [1.82, 2.24) is 5.32 Å². The second kappa shape index (κ2) is 5.61. The second-order valence-corrected chi connectivity index (χ2v) is 4.13. The van der Waals surface area contributed by atoms with Crippen LogP contribution >= 0.6 is 11.6 Å². The highest BCUT2D eigenvalue weighted by Crippen LogP contribution is 2.24. The molecule has 1 aromatic carbocycles. The Morgan fingerprint density at radius 3 is 2.81 bits per heavy atom. The van der Waals surface area contributed by atoms with Gasteiger partial charge in [0.2, 0.25) is 0 Å². The predicted octanol–water partition coefficient (Wildman–Crippen LogP) is 1.83. The zero-order valence-corrected chi connectivity index (χ0v) is 10.0. The zero-order chi connectivity index (χ0) is 12.1. The minimum atomic E-state index is -0.177. The predicted molar refractivity (Wildman–Crippen MR) is 64.6 cm³/mol. The fourth-order valence-electron chi connectivity index (χ4n) is 1.16. The zero-order valence-electron chi connectivity index (χ0n) is 9.29. The molecule has 0 heterocycles. The number of anilines is 1. The van der Waals surface area contributed by atoms with Gasteiger partial charge in [-0.2, -0.15) is 0 Å². The summed E-state index contributed by atoms with van der Waals surface area (Å²) in [5.41, 5.74) is 6.09. The Hall–Kier alpha value is -1.42. The average molecular weight is 243 g/mol. The van der Waals surface area contributed by atoms with Gasteiger partial charge in [-0.05, 0) is 32.0 Å². The summed E-state index contributed by atoms with van der Waals surface area (Å²) in [7, 11) is 0. The SMILES string of the molecule is CC(C)NC(=O)COc1ccc(Cl)cc1N. The molecule has 0 bridgehead atoms. The molecule has 1 amide bonds. The van der Waals surface area contributed by atoms with Crippen molar-refractivity contribution in [2.24, 2.45) is 0 Å². The molecule has 88 valence electrons. The molecule has 0 radical (unpaired) electrons. The Kier molecular flexibility index (Phi) is 4.43. The van der Waals surface area contributed by atoms with Gasteiger partial charge in [0.05, 0.1) is 5.69 Å². The van der Waals surface area contributed by atoms with Crippen LogP contribution in [0.15, 0.2) is 18.2 Å². The minimum Gasteiger partial charge on any atom is -0.482 e. The lowest BCUT2D eigenvalue weighted by molar-refractivity contribution is -0.123. The monoisotopic (exact) mass is 242 g/mol. The maximum Gasteiger partial charge on any atom is 0.258 e. The van der Waals surface area contributed by atoms with Crippen LogP contribution in [0.4, 0.5) is 5.69 Å². The van der Waals surface area contributed by atoms with Gasteiger partial charge in [0.25, 0.3) is 5.91 Å². The molecule has 4 nitrogen and oxygen atoms in total. The van der Waals surface area contributed by atoms with Crippen molar-refractivity contribution >= 4 is 23.2 Å². The lowest BCUT2D eigenvalue weighted by Crippen LogP contribution is -2.34. The lowest BCUT2D eigenvalue weighted by atomic mass is 10.3. The van der Waals surface area contributed by atoms with E-state index < -0.39 is 0 Å². The van der Waals surface area contributed by atoms with Crippen LogP contribution in [-0.2, 0) is 4.79 Å². The third kappa shape index (κ3) is 3.98. The van der Waals surface area contributed by atoms with Gasteiger partial charge in [0, 0.05) is 11.1 Å². The van der Waals surface area contributed by atoms with Gasteiger partial charge in [-0.25, -0.2) is 0 Å². The number of rotatable bonds is 4. The summed E-state index contributed by atoms with van der Waals surface area (Å²) in [5.74, 6) is 0.285. The first-order valence-corrected chi connectivity index (χ1v) is 5.34. The third-order valence-electron chi connectivity index (χ3n) is 1.78. The molecule has 3 N–H and O–H groups in total. The number of nitrogen functional groups attached to an aromatic ring is 1. The molecular weight excluding hydrogens is 228 g/mol. The van der Waals surface area contributed by atoms with E-state index in [-0.39, 0.29) is 18.6 Å². The van der Waals surface area contributed by atoms with Crippen LogP contribution in [0.25, 0.3) is 0 Å². The van der Waals surface area contributed by atoms with Crippen LogP contribution in [0.1, 0.15) is 13.8 Å². The Labute approximate surface area is 99.7 Å². The molecule has 1 rings (SSSR count). The minimum absolute atomic E-state index is 0.0516. The van der Waals surface area contributed by atoms with E-state index in [0.717, 1.165) is 0 Å². The average Bonchev–Trinajstić information content (AvgIpc) is 2.15. The maximum absolute atomic E-state index is 11.3. The van der Waals surface area contributed by atoms with E-state index in [0.29, 0.717) is 16.5 Å². The first-order valence-electron chi connectivity index (χ1n) is 4.96. The molecular formula is C11H15ClN2O2. The van der Waals surface area contributed by atoms with Crippen molar-refractivity contribution in [1.29, 1.82) is 0 Å². The maximum atomic E-state index is 11.3. The highest BCUT2D eigenvalue weighted by Gasteiger charge is 2.06. The molecule has 0 aromatic heterocycles. The second-order valence-electron chi connectivity index (χ2n) is 3.69. The van der Waals surface area contributed by atoms with Gasteiger partial charge in [-0.1, -0.05) is 11.6 Å². The van der Waals surface area contributed by atoms with Crippen LogP contribution in [0.2, 0.25) is 5.02 Å². The molecule has 0 aliphatic carbocycles. The summed E-state index contributed by atoms with van der Waals surface area (Å²) in [6.45, 7) is 3.72. The third-order valence-corrected chi connectivity index (χ3v) is 2.02. The van der Waals surface area contributed by atoms with Gasteiger partial charge in [-0.3, -0.25) is 4.79 Å². The van der Waals surface area contributed by atoms with E-state index in [1.807, 2.05) is 13.8 Å². The molecule has 5 heteroatoms. The smallest absolute Gasteiger partial charge is 0.258 e. The molecule has 0 saturated heterocycles. The van der Waals surface area contributed by atoms with Crippen molar-refractivity contribution in [3.63, 3.8) is 0 Å². The van der Waals surface area contributed by atoms with Crippen LogP contribution in [0.3, 0.4) is 0 Å². The summed E-state index contributed by atoms with van der Waals surface area (Å²) in [5, 5.41) is 3.25. The number of hydrogen-bond acceptors (Lipinski definition) is 3. The number of benzene rings is 1. The number of nitrogens with two attached hydrogens (primary N) is 1. The standard InChI is InChI=1S/C11H15ClN2O2/c1-7(2)14-11(15)6-16-10-4-3-8(12)5-9(10)13/h3-5,7H,6,13H2,1-2H3,(H,14,15). The Bertz CT molecular complexity index is 380. The fourth-order valence-corrected chi connectivity index (χ4v) is 1.34. The normalized spacial score (nSPS) is 10.2. The van der Waals surface area contributed by atoms with E-state index in [9.17, 15) is 4.79 Å². The van der Waals surface area contributed by atoms with Crippen molar-refractivity contribution in [2.45, 2.75) is 19.9 Å². The van der Waals surface area contributed by atoms with Gasteiger partial charge in [-0.15, -0.1) is 0 Å². The molecule has 0 aliphatic rings. The molecule has 0 saturated carbocycles. The van der Waals surface area contributed by atoms with E-state index in [4.69, 9.17) is 22.1 Å². The first-order chi connectivity index (χ1) is 7.49. The summed E-state index contributed by atoms with van der Waals surface area (Å²) in [6, 6.07) is 4.98. The number of hydrogen-bond donors (Lipinski definition) is 2. The van der Waals surface area contributed by atoms with E-state index >= 15 is 0 Å². The number of ether oxygens (including phenoxy) is 1. The van der Waals surface area contributed by atoms with Crippen molar-refractivity contribution in [3.05, 3.63) is 23.2 Å². The van der Waals surface area contributed by atoms with E-state index in [2.05, 4.69) is 5.32 Å². The van der Waals surface area contributed by atoms with Crippen LogP contribution < -0.4 is 15.8 Å². The van der Waals surface area contributed by atoms with Crippen LogP contribution in [0, 0.1) is 0 Å². The summed E-state index contributed by atoms with van der Waals surface area (Å²) < 4.78 is 5.26. The fraction of sp³-hybridized carbons (Fsp3) is 0.364. The topological polar surface area (TPSA) is 64.3 Å². The number of carbonyl (C=O) groups is 1. The van der Waals surface area contributed by atoms with E-state index in [1.54, 1.807) is 18.2 Å². The molecule has 0 aliphatic heterocycles. The highest BCUT2D eigenvalue weighted by molar-refractivity contribution is 6.30.